The van der Waals surface area contributed by atoms with E-state index in [2.05, 4.69) is 0 Å². The van der Waals surface area contributed by atoms with Crippen molar-refractivity contribution in [1.82, 2.24) is 4.90 Å². The molecule has 0 saturated heterocycles. The van der Waals surface area contributed by atoms with Gasteiger partial charge in [-0.2, -0.15) is 0 Å². The quantitative estimate of drug-likeness (QED) is 0.874. The number of carboxylic acids is 1. The number of methoxy groups -OCH3 is 1. The molecule has 0 aromatic heterocycles. The number of nitrogens with zero attached hydrogens (tertiary/aromatic N) is 1. The molecule has 1 N–H and O–H groups in total. The van der Waals surface area contributed by atoms with Gasteiger partial charge in [0.25, 0.3) is 0 Å². The van der Waals surface area contributed by atoms with E-state index in [1.807, 2.05) is 18.2 Å². The predicted molar refractivity (Wildman–Crippen MR) is 81.9 cm³/mol. The molecule has 0 aliphatic heterocycles. The highest BCUT2D eigenvalue weighted by Crippen LogP contribution is 2.20. The van der Waals surface area contributed by atoms with Gasteiger partial charge in [-0.1, -0.05) is 18.2 Å². The van der Waals surface area contributed by atoms with Crippen LogP contribution in [0.3, 0.4) is 0 Å². The zero-order chi connectivity index (χ0) is 16.8. The van der Waals surface area contributed by atoms with Gasteiger partial charge in [0, 0.05) is 12.1 Å². The third-order valence-electron chi connectivity index (χ3n) is 2.80. The first-order valence-corrected chi connectivity index (χ1v) is 7.04. The van der Waals surface area contributed by atoms with E-state index < -0.39 is 17.7 Å². The summed E-state index contributed by atoms with van der Waals surface area (Å²) in [5.74, 6) is -0.319. The van der Waals surface area contributed by atoms with Crippen molar-refractivity contribution in [2.75, 3.05) is 13.7 Å². The van der Waals surface area contributed by atoms with E-state index in [1.165, 1.54) is 4.90 Å². The van der Waals surface area contributed by atoms with Gasteiger partial charge in [0.2, 0.25) is 0 Å². The first-order valence-electron chi connectivity index (χ1n) is 7.04. The van der Waals surface area contributed by atoms with Crippen LogP contribution in [0.4, 0.5) is 4.79 Å². The van der Waals surface area contributed by atoms with Crippen LogP contribution in [0, 0.1) is 0 Å². The number of benzene rings is 1. The first-order chi connectivity index (χ1) is 10.2. The minimum absolute atomic E-state index is 0.0717. The monoisotopic (exact) mass is 309 g/mol. The van der Waals surface area contributed by atoms with Crippen molar-refractivity contribution < 1.29 is 24.2 Å². The van der Waals surface area contributed by atoms with Crippen LogP contribution in [0.25, 0.3) is 0 Å². The maximum atomic E-state index is 12.2. The van der Waals surface area contributed by atoms with Crippen LogP contribution in [-0.4, -0.2) is 41.3 Å². The van der Waals surface area contributed by atoms with E-state index in [-0.39, 0.29) is 19.5 Å². The van der Waals surface area contributed by atoms with Crippen LogP contribution >= 0.6 is 0 Å². The molecule has 0 saturated carbocycles. The smallest absolute Gasteiger partial charge is 0.410 e. The molecule has 0 bridgehead atoms. The highest BCUT2D eigenvalue weighted by molar-refractivity contribution is 5.71. The van der Waals surface area contributed by atoms with E-state index in [0.717, 1.165) is 5.56 Å². The Morgan fingerprint density at radius 2 is 1.86 bits per heavy atom. The zero-order valence-corrected chi connectivity index (χ0v) is 13.5. The van der Waals surface area contributed by atoms with Gasteiger partial charge in [-0.25, -0.2) is 4.79 Å². The van der Waals surface area contributed by atoms with Crippen LogP contribution < -0.4 is 4.74 Å². The molecule has 6 heteroatoms. The summed E-state index contributed by atoms with van der Waals surface area (Å²) in [6.07, 6.45) is -0.686. The Balaban J connectivity index is 2.89. The summed E-state index contributed by atoms with van der Waals surface area (Å²) in [5, 5.41) is 8.84. The lowest BCUT2D eigenvalue weighted by Crippen LogP contribution is -2.37. The number of aliphatic carboxylic acids is 1. The molecule has 122 valence electrons. The molecule has 1 amide bonds. The van der Waals surface area contributed by atoms with E-state index in [0.29, 0.717) is 5.75 Å². The first kappa shape index (κ1) is 17.8. The third-order valence-corrected chi connectivity index (χ3v) is 2.80. The number of ether oxygens (including phenoxy) is 2. The lowest BCUT2D eigenvalue weighted by molar-refractivity contribution is -0.137. The second kappa shape index (κ2) is 7.68. The summed E-state index contributed by atoms with van der Waals surface area (Å²) in [7, 11) is 1.55. The number of amides is 1. The molecule has 1 aromatic rings. The summed E-state index contributed by atoms with van der Waals surface area (Å²) in [6.45, 7) is 5.60. The highest BCUT2D eigenvalue weighted by Gasteiger charge is 2.23. The van der Waals surface area contributed by atoms with Crippen molar-refractivity contribution in [3.63, 3.8) is 0 Å². The Kier molecular flexibility index (Phi) is 6.22. The molecule has 0 spiro atoms. The Morgan fingerprint density at radius 1 is 1.23 bits per heavy atom. The Hall–Kier alpha value is -2.24. The van der Waals surface area contributed by atoms with Crippen LogP contribution in [0.1, 0.15) is 32.8 Å². The molecular formula is C16H23NO5. The maximum absolute atomic E-state index is 12.2. The number of hydrogen-bond acceptors (Lipinski definition) is 4. The summed E-state index contributed by atoms with van der Waals surface area (Å²) < 4.78 is 10.6. The topological polar surface area (TPSA) is 76.1 Å². The number of hydrogen-bond donors (Lipinski definition) is 1. The maximum Gasteiger partial charge on any atom is 0.410 e. The van der Waals surface area contributed by atoms with Gasteiger partial charge >= 0.3 is 12.1 Å². The van der Waals surface area contributed by atoms with Crippen LogP contribution in [0.15, 0.2) is 24.3 Å². The molecule has 1 rings (SSSR count). The lowest BCUT2D eigenvalue weighted by Gasteiger charge is -2.27. The van der Waals surface area contributed by atoms with E-state index in [4.69, 9.17) is 14.6 Å². The number of para-hydroxylation sites is 1. The van der Waals surface area contributed by atoms with Gasteiger partial charge in [-0.05, 0) is 26.8 Å². The summed E-state index contributed by atoms with van der Waals surface area (Å²) in [5.41, 5.74) is 0.153. The van der Waals surface area contributed by atoms with E-state index in [9.17, 15) is 9.59 Å². The molecule has 1 aromatic carbocycles. The Labute approximate surface area is 130 Å². The minimum atomic E-state index is -0.964. The molecule has 6 nitrogen and oxygen atoms in total. The zero-order valence-electron chi connectivity index (χ0n) is 13.5. The summed E-state index contributed by atoms with van der Waals surface area (Å²) in [6, 6.07) is 7.29. The largest absolute Gasteiger partial charge is 0.496 e. The second-order valence-corrected chi connectivity index (χ2v) is 5.86. The fourth-order valence-electron chi connectivity index (χ4n) is 1.83. The van der Waals surface area contributed by atoms with Crippen LogP contribution in [0.5, 0.6) is 5.75 Å². The fraction of sp³-hybridized carbons (Fsp3) is 0.500. The van der Waals surface area contributed by atoms with Gasteiger partial charge in [-0.15, -0.1) is 0 Å². The van der Waals surface area contributed by atoms with Gasteiger partial charge < -0.3 is 19.5 Å². The molecule has 0 unspecified atom stereocenters. The molecule has 0 aliphatic rings. The van der Waals surface area contributed by atoms with Crippen LogP contribution in [-0.2, 0) is 16.1 Å². The Bertz CT molecular complexity index is 522. The molecule has 0 atom stereocenters. The average molecular weight is 309 g/mol. The summed E-state index contributed by atoms with van der Waals surface area (Å²) >= 11 is 0. The number of carboxylic acid groups (broad SMARTS) is 1. The molecule has 0 heterocycles. The summed E-state index contributed by atoms with van der Waals surface area (Å²) in [4.78, 5) is 24.4. The minimum Gasteiger partial charge on any atom is -0.496 e. The van der Waals surface area contributed by atoms with Crippen molar-refractivity contribution in [3.05, 3.63) is 29.8 Å². The van der Waals surface area contributed by atoms with Crippen molar-refractivity contribution in [1.29, 1.82) is 0 Å². The Morgan fingerprint density at radius 3 is 2.41 bits per heavy atom. The third kappa shape index (κ3) is 6.03. The van der Waals surface area contributed by atoms with Gasteiger partial charge in [0.05, 0.1) is 20.1 Å². The van der Waals surface area contributed by atoms with Crippen molar-refractivity contribution >= 4 is 12.1 Å². The fourth-order valence-corrected chi connectivity index (χ4v) is 1.83. The highest BCUT2D eigenvalue weighted by atomic mass is 16.6. The number of rotatable bonds is 6. The number of carbonyl (C=O) groups is 2. The van der Waals surface area contributed by atoms with E-state index in [1.54, 1.807) is 33.9 Å². The van der Waals surface area contributed by atoms with Gasteiger partial charge in [0.15, 0.2) is 0 Å². The molecule has 0 fully saturated rings. The second-order valence-electron chi connectivity index (χ2n) is 5.86. The predicted octanol–water partition coefficient (Wildman–Crippen LogP) is 2.91. The molecule has 22 heavy (non-hydrogen) atoms. The lowest BCUT2D eigenvalue weighted by atomic mass is 10.2. The van der Waals surface area contributed by atoms with E-state index >= 15 is 0 Å². The van der Waals surface area contributed by atoms with Crippen molar-refractivity contribution in [2.45, 2.75) is 39.3 Å². The van der Waals surface area contributed by atoms with Crippen molar-refractivity contribution in [2.24, 2.45) is 0 Å². The van der Waals surface area contributed by atoms with Gasteiger partial charge in [-0.3, -0.25) is 4.79 Å². The number of carbonyl (C=O) groups excluding carboxylic acids is 1. The standard InChI is InChI=1S/C16H23NO5/c1-16(2,3)22-15(20)17(10-9-14(18)19)11-12-7-5-6-8-13(12)21-4/h5-8H,9-11H2,1-4H3,(H,18,19). The van der Waals surface area contributed by atoms with Gasteiger partial charge in [0.1, 0.15) is 11.4 Å². The average Bonchev–Trinajstić information content (AvgIpc) is 2.41. The van der Waals surface area contributed by atoms with Crippen molar-refractivity contribution in [3.8, 4) is 5.75 Å². The van der Waals surface area contributed by atoms with Crippen LogP contribution in [0.2, 0.25) is 0 Å². The normalized spacial score (nSPS) is 10.9. The molecule has 0 aliphatic carbocycles. The molecular weight excluding hydrogens is 286 g/mol. The SMILES string of the molecule is COc1ccccc1CN(CCC(=O)O)C(=O)OC(C)(C)C. The molecule has 0 radical (unpaired) electrons.